The second-order valence-electron chi connectivity index (χ2n) is 5.69. The van der Waals surface area contributed by atoms with Crippen LogP contribution < -0.4 is 11.1 Å². The van der Waals surface area contributed by atoms with Gasteiger partial charge in [-0.15, -0.1) is 24.0 Å². The molecule has 1 fully saturated rings. The van der Waals surface area contributed by atoms with Crippen LogP contribution in [-0.4, -0.2) is 19.1 Å². The van der Waals surface area contributed by atoms with Gasteiger partial charge in [0.05, 0.1) is 12.6 Å². The van der Waals surface area contributed by atoms with Crippen LogP contribution in [0.5, 0.6) is 0 Å². The van der Waals surface area contributed by atoms with E-state index in [4.69, 9.17) is 10.5 Å². The van der Waals surface area contributed by atoms with Crippen LogP contribution in [0.1, 0.15) is 23.5 Å². The zero-order valence-corrected chi connectivity index (χ0v) is 17.3. The monoisotopic (exact) mass is 501 g/mol. The van der Waals surface area contributed by atoms with Crippen molar-refractivity contribution in [2.24, 2.45) is 10.7 Å². The van der Waals surface area contributed by atoms with Gasteiger partial charge in [0.25, 0.3) is 0 Å². The number of hydrogen-bond donors (Lipinski definition) is 2. The van der Waals surface area contributed by atoms with Gasteiger partial charge in [0.1, 0.15) is 0 Å². The van der Waals surface area contributed by atoms with E-state index in [2.05, 4.69) is 50.5 Å². The third-order valence-electron chi connectivity index (χ3n) is 3.94. The highest BCUT2D eigenvalue weighted by Crippen LogP contribution is 2.43. The molecule has 2 atom stereocenters. The summed E-state index contributed by atoms with van der Waals surface area (Å²) in [6, 6.07) is 16.6. The number of nitrogens with zero attached hydrogens (tertiary/aromatic N) is 1. The van der Waals surface area contributed by atoms with Crippen LogP contribution in [-0.2, 0) is 11.3 Å². The average Bonchev–Trinajstić information content (AvgIpc) is 3.29. The normalized spacial score (nSPS) is 19.5. The van der Waals surface area contributed by atoms with Gasteiger partial charge in [0, 0.05) is 28.8 Å². The second kappa shape index (κ2) is 8.82. The maximum Gasteiger partial charge on any atom is 0.193 e. The van der Waals surface area contributed by atoms with Crippen LogP contribution in [0.4, 0.5) is 5.69 Å². The van der Waals surface area contributed by atoms with Crippen LogP contribution >= 0.6 is 39.9 Å². The van der Waals surface area contributed by atoms with E-state index in [0.29, 0.717) is 18.5 Å². The Morgan fingerprint density at radius 1 is 1.25 bits per heavy atom. The van der Waals surface area contributed by atoms with E-state index in [-0.39, 0.29) is 30.0 Å². The van der Waals surface area contributed by atoms with Crippen molar-refractivity contribution in [2.75, 3.05) is 12.4 Å². The van der Waals surface area contributed by atoms with E-state index in [1.807, 2.05) is 24.3 Å². The molecule has 0 bridgehead atoms. The van der Waals surface area contributed by atoms with Crippen LogP contribution in [0.3, 0.4) is 0 Å². The van der Waals surface area contributed by atoms with Crippen LogP contribution in [0.25, 0.3) is 0 Å². The molecule has 24 heavy (non-hydrogen) atoms. The molecule has 2 aromatic rings. The van der Waals surface area contributed by atoms with Crippen molar-refractivity contribution in [1.29, 1.82) is 0 Å². The lowest BCUT2D eigenvalue weighted by atomic mass is 10.1. The van der Waals surface area contributed by atoms with E-state index in [1.54, 1.807) is 7.11 Å². The van der Waals surface area contributed by atoms with Crippen molar-refractivity contribution in [3.63, 3.8) is 0 Å². The molecule has 128 valence electrons. The Labute approximate surface area is 168 Å². The third kappa shape index (κ3) is 4.94. The minimum Gasteiger partial charge on any atom is -0.380 e. The first-order chi connectivity index (χ1) is 11.2. The Bertz CT molecular complexity index is 706. The number of aliphatic imine (C=N–C) groups is 1. The minimum atomic E-state index is 0. The molecule has 3 rings (SSSR count). The molecule has 0 amide bonds. The quantitative estimate of drug-likeness (QED) is 0.360. The number of ether oxygens (including phenoxy) is 1. The van der Waals surface area contributed by atoms with Gasteiger partial charge in [0.15, 0.2) is 5.96 Å². The number of rotatable bonds is 5. The lowest BCUT2D eigenvalue weighted by molar-refractivity contribution is 0.185. The summed E-state index contributed by atoms with van der Waals surface area (Å²) in [7, 11) is 1.68. The Balaban J connectivity index is 0.00000208. The van der Waals surface area contributed by atoms with Crippen molar-refractivity contribution in [3.05, 3.63) is 64.1 Å². The highest BCUT2D eigenvalue weighted by Gasteiger charge is 2.38. The molecule has 3 N–H and O–H groups in total. The Kier molecular flexibility index (Phi) is 7.06. The molecule has 1 aliphatic rings. The minimum absolute atomic E-state index is 0. The van der Waals surface area contributed by atoms with E-state index in [1.165, 1.54) is 5.56 Å². The highest BCUT2D eigenvalue weighted by atomic mass is 127. The Hall–Kier alpha value is -1.12. The lowest BCUT2D eigenvalue weighted by Crippen LogP contribution is -2.24. The summed E-state index contributed by atoms with van der Waals surface area (Å²) >= 11 is 3.46. The lowest BCUT2D eigenvalue weighted by Gasteiger charge is -2.10. The third-order valence-corrected chi connectivity index (χ3v) is 4.47. The fourth-order valence-electron chi connectivity index (χ4n) is 2.67. The molecule has 1 saturated carbocycles. The molecule has 0 aromatic heterocycles. The number of nitrogens with one attached hydrogen (secondary N) is 1. The van der Waals surface area contributed by atoms with Gasteiger partial charge >= 0.3 is 0 Å². The van der Waals surface area contributed by atoms with E-state index >= 15 is 0 Å². The maximum atomic E-state index is 6.07. The molecule has 1 aliphatic carbocycles. The van der Waals surface area contributed by atoms with Crippen molar-refractivity contribution >= 4 is 51.6 Å². The highest BCUT2D eigenvalue weighted by molar-refractivity contribution is 14.0. The number of halogens is 2. The van der Waals surface area contributed by atoms with Gasteiger partial charge < -0.3 is 15.8 Å². The number of anilines is 1. The van der Waals surface area contributed by atoms with Crippen molar-refractivity contribution in [1.82, 2.24) is 0 Å². The molecule has 6 heteroatoms. The molecule has 0 saturated heterocycles. The molecule has 0 unspecified atom stereocenters. The first-order valence-corrected chi connectivity index (χ1v) is 8.39. The first-order valence-electron chi connectivity index (χ1n) is 7.60. The maximum absolute atomic E-state index is 6.07. The van der Waals surface area contributed by atoms with Crippen molar-refractivity contribution in [2.45, 2.75) is 25.0 Å². The van der Waals surface area contributed by atoms with Gasteiger partial charge in [-0.2, -0.15) is 0 Å². The summed E-state index contributed by atoms with van der Waals surface area (Å²) in [5.41, 5.74) is 9.39. The Morgan fingerprint density at radius 2 is 1.96 bits per heavy atom. The molecule has 0 aliphatic heterocycles. The molecule has 4 nitrogen and oxygen atoms in total. The molecule has 0 heterocycles. The van der Waals surface area contributed by atoms with E-state index in [9.17, 15) is 0 Å². The van der Waals surface area contributed by atoms with Gasteiger partial charge in [0.2, 0.25) is 0 Å². The van der Waals surface area contributed by atoms with E-state index < -0.39 is 0 Å². The number of nitrogens with two attached hydrogens (primary N) is 1. The molecular formula is C18H21BrIN3O. The van der Waals surface area contributed by atoms with Crippen LogP contribution in [0.2, 0.25) is 0 Å². The predicted molar refractivity (Wildman–Crippen MR) is 113 cm³/mol. The molecule has 0 spiro atoms. The summed E-state index contributed by atoms with van der Waals surface area (Å²) in [5.74, 6) is 0.927. The standard InChI is InChI=1S/C18H20BrN3O.HI/c1-23-11-13-4-2-3-5-16(13)21-18(20)22-17-10-15(17)12-6-8-14(19)9-7-12;/h2-9,15,17H,10-11H2,1H3,(H3,20,21,22);1H/t15-,17+;/m0./s1. The number of hydrogen-bond acceptors (Lipinski definition) is 2. The number of methoxy groups -OCH3 is 1. The number of para-hydroxylation sites is 1. The molecule has 2 aromatic carbocycles. The van der Waals surface area contributed by atoms with Crippen LogP contribution in [0.15, 0.2) is 58.0 Å². The smallest absolute Gasteiger partial charge is 0.193 e. The topological polar surface area (TPSA) is 59.6 Å². The molecular weight excluding hydrogens is 481 g/mol. The van der Waals surface area contributed by atoms with Crippen molar-refractivity contribution in [3.8, 4) is 0 Å². The summed E-state index contributed by atoms with van der Waals surface area (Å²) in [6.07, 6.45) is 1.05. The summed E-state index contributed by atoms with van der Waals surface area (Å²) in [6.45, 7) is 0.543. The van der Waals surface area contributed by atoms with Crippen molar-refractivity contribution < 1.29 is 4.74 Å². The molecule has 0 radical (unpaired) electrons. The summed E-state index contributed by atoms with van der Waals surface area (Å²) < 4.78 is 6.30. The van der Waals surface area contributed by atoms with Gasteiger partial charge in [-0.1, -0.05) is 46.3 Å². The van der Waals surface area contributed by atoms with Gasteiger partial charge in [-0.05, 0) is 30.2 Å². The summed E-state index contributed by atoms with van der Waals surface area (Å²) in [5, 5.41) is 3.19. The zero-order valence-electron chi connectivity index (χ0n) is 13.4. The SMILES string of the molecule is COCc1ccccc1NC(N)=N[C@@H]1C[C@H]1c1ccc(Br)cc1.I. The summed E-state index contributed by atoms with van der Waals surface area (Å²) in [4.78, 5) is 4.60. The largest absolute Gasteiger partial charge is 0.380 e. The van der Waals surface area contributed by atoms with Gasteiger partial charge in [-0.25, -0.2) is 4.99 Å². The Morgan fingerprint density at radius 3 is 2.67 bits per heavy atom. The zero-order chi connectivity index (χ0) is 16.2. The number of benzene rings is 2. The van der Waals surface area contributed by atoms with E-state index in [0.717, 1.165) is 22.1 Å². The van der Waals surface area contributed by atoms with Gasteiger partial charge in [-0.3, -0.25) is 0 Å². The average molecular weight is 502 g/mol. The predicted octanol–water partition coefficient (Wildman–Crippen LogP) is 4.50. The fraction of sp³-hybridized carbons (Fsp3) is 0.278. The fourth-order valence-corrected chi connectivity index (χ4v) is 2.93. The second-order valence-corrected chi connectivity index (χ2v) is 6.61. The number of guanidine groups is 1. The first kappa shape index (κ1) is 19.2. The van der Waals surface area contributed by atoms with Crippen LogP contribution in [0, 0.1) is 0 Å².